The van der Waals surface area contributed by atoms with Crippen LogP contribution in [0.3, 0.4) is 0 Å². The molecule has 1 atom stereocenters. The minimum Gasteiger partial charge on any atom is -0.484 e. The number of rotatable bonds is 6. The number of nitrogens with one attached hydrogen (secondary N) is 1. The van der Waals surface area contributed by atoms with Gasteiger partial charge in [0.15, 0.2) is 6.61 Å². The van der Waals surface area contributed by atoms with Gasteiger partial charge in [-0.25, -0.2) is 0 Å². The maximum Gasteiger partial charge on any atom is 0.273 e. The first-order chi connectivity index (χ1) is 10.1. The molecular weight excluding hydrogens is 274 g/mol. The molecule has 0 spiro atoms. The Balaban J connectivity index is 1.91. The molecule has 114 valence electrons. The van der Waals surface area contributed by atoms with Crippen molar-refractivity contribution in [2.75, 3.05) is 26.7 Å². The Morgan fingerprint density at radius 3 is 3.10 bits per heavy atom. The predicted molar refractivity (Wildman–Crippen MR) is 77.3 cm³/mol. The van der Waals surface area contributed by atoms with E-state index in [-0.39, 0.29) is 24.2 Å². The fourth-order valence-corrected chi connectivity index (χ4v) is 2.53. The maximum absolute atomic E-state index is 12.2. The molecule has 1 aliphatic heterocycles. The molecule has 0 radical (unpaired) electrons. The average molecular weight is 293 g/mol. The summed E-state index contributed by atoms with van der Waals surface area (Å²) in [6, 6.07) is 6.06. The zero-order valence-corrected chi connectivity index (χ0v) is 11.9. The van der Waals surface area contributed by atoms with Gasteiger partial charge in [0.1, 0.15) is 5.75 Å². The number of hydrogen-bond acceptors (Lipinski definition) is 5. The van der Waals surface area contributed by atoms with Crippen LogP contribution < -0.4 is 10.1 Å². The molecule has 1 heterocycles. The number of non-ortho nitro benzene ring substituents is 1. The molecule has 7 heteroatoms. The van der Waals surface area contributed by atoms with Crippen LogP contribution in [0.15, 0.2) is 24.3 Å². The van der Waals surface area contributed by atoms with E-state index in [1.54, 1.807) is 6.07 Å². The summed E-state index contributed by atoms with van der Waals surface area (Å²) in [5, 5.41) is 13.8. The lowest BCUT2D eigenvalue weighted by Gasteiger charge is -2.24. The van der Waals surface area contributed by atoms with Crippen LogP contribution in [-0.4, -0.2) is 48.5 Å². The largest absolute Gasteiger partial charge is 0.484 e. The molecule has 1 N–H and O–H groups in total. The van der Waals surface area contributed by atoms with E-state index in [0.29, 0.717) is 5.75 Å². The van der Waals surface area contributed by atoms with Crippen molar-refractivity contribution in [3.8, 4) is 5.75 Å². The molecular formula is C14H19N3O4. The summed E-state index contributed by atoms with van der Waals surface area (Å²) in [5.41, 5.74) is -0.0471. The molecule has 2 rings (SSSR count). The lowest BCUT2D eigenvalue weighted by atomic mass is 10.2. The Kier molecular flexibility index (Phi) is 5.10. The summed E-state index contributed by atoms with van der Waals surface area (Å²) in [7, 11) is 1.86. The Bertz CT molecular complexity index is 521. The topological polar surface area (TPSA) is 84.7 Å². The average Bonchev–Trinajstić information content (AvgIpc) is 2.94. The highest BCUT2D eigenvalue weighted by molar-refractivity contribution is 5.78. The fourth-order valence-electron chi connectivity index (χ4n) is 2.53. The van der Waals surface area contributed by atoms with Crippen LogP contribution in [0.2, 0.25) is 0 Å². The SMILES string of the molecule is CNCC1CCCN1C(=O)COc1cccc([N+](=O)[O-])c1. The number of amides is 1. The molecule has 0 aliphatic carbocycles. The highest BCUT2D eigenvalue weighted by Gasteiger charge is 2.28. The van der Waals surface area contributed by atoms with Crippen LogP contribution in [0.25, 0.3) is 0 Å². The zero-order chi connectivity index (χ0) is 15.2. The number of nitrogens with zero attached hydrogens (tertiary/aromatic N) is 2. The van der Waals surface area contributed by atoms with Gasteiger partial charge in [0, 0.05) is 25.2 Å². The second kappa shape index (κ2) is 7.03. The maximum atomic E-state index is 12.2. The van der Waals surface area contributed by atoms with Crippen LogP contribution in [0.4, 0.5) is 5.69 Å². The molecule has 1 unspecified atom stereocenters. The number of nitro groups is 1. The van der Waals surface area contributed by atoms with Crippen molar-refractivity contribution < 1.29 is 14.5 Å². The number of likely N-dealkylation sites (N-methyl/N-ethyl adjacent to an activating group) is 1. The van der Waals surface area contributed by atoms with Crippen LogP contribution in [0.5, 0.6) is 5.75 Å². The van der Waals surface area contributed by atoms with Gasteiger partial charge in [0.25, 0.3) is 11.6 Å². The van der Waals surface area contributed by atoms with E-state index in [1.807, 2.05) is 11.9 Å². The van der Waals surface area contributed by atoms with Gasteiger partial charge in [-0.3, -0.25) is 14.9 Å². The third kappa shape index (κ3) is 3.91. The van der Waals surface area contributed by atoms with Gasteiger partial charge in [-0.05, 0) is 26.0 Å². The summed E-state index contributed by atoms with van der Waals surface area (Å²) in [5.74, 6) is 0.251. The van der Waals surface area contributed by atoms with Crippen molar-refractivity contribution in [2.24, 2.45) is 0 Å². The normalized spacial score (nSPS) is 17.8. The number of hydrogen-bond donors (Lipinski definition) is 1. The Hall–Kier alpha value is -2.15. The van der Waals surface area contributed by atoms with E-state index in [1.165, 1.54) is 18.2 Å². The first kappa shape index (κ1) is 15.2. The highest BCUT2D eigenvalue weighted by atomic mass is 16.6. The quantitative estimate of drug-likeness (QED) is 0.629. The van der Waals surface area contributed by atoms with E-state index in [9.17, 15) is 14.9 Å². The molecule has 1 aliphatic rings. The van der Waals surface area contributed by atoms with Crippen molar-refractivity contribution >= 4 is 11.6 Å². The number of benzene rings is 1. The minimum atomic E-state index is -0.488. The smallest absolute Gasteiger partial charge is 0.273 e. The van der Waals surface area contributed by atoms with Gasteiger partial charge in [0.05, 0.1) is 11.0 Å². The molecule has 1 saturated heterocycles. The van der Waals surface area contributed by atoms with Crippen molar-refractivity contribution in [3.05, 3.63) is 34.4 Å². The number of nitro benzene ring substituents is 1. The standard InChI is InChI=1S/C14H19N3O4/c1-15-9-12-5-3-7-16(12)14(18)10-21-13-6-2-4-11(8-13)17(19)20/h2,4,6,8,12,15H,3,5,7,9-10H2,1H3. The molecule has 1 amide bonds. The van der Waals surface area contributed by atoms with Gasteiger partial charge >= 0.3 is 0 Å². The van der Waals surface area contributed by atoms with Crippen LogP contribution in [-0.2, 0) is 4.79 Å². The monoisotopic (exact) mass is 293 g/mol. The predicted octanol–water partition coefficient (Wildman–Crippen LogP) is 1.18. The molecule has 1 fully saturated rings. The van der Waals surface area contributed by atoms with Crippen molar-refractivity contribution in [2.45, 2.75) is 18.9 Å². The summed E-state index contributed by atoms with van der Waals surface area (Å²) >= 11 is 0. The summed E-state index contributed by atoms with van der Waals surface area (Å²) in [6.45, 7) is 1.41. The lowest BCUT2D eigenvalue weighted by Crippen LogP contribution is -2.43. The van der Waals surface area contributed by atoms with Crippen LogP contribution in [0, 0.1) is 10.1 Å². The van der Waals surface area contributed by atoms with Gasteiger partial charge in [-0.1, -0.05) is 6.07 Å². The van der Waals surface area contributed by atoms with E-state index < -0.39 is 4.92 Å². The third-order valence-corrected chi connectivity index (χ3v) is 3.53. The summed E-state index contributed by atoms with van der Waals surface area (Å²) in [4.78, 5) is 24.2. The minimum absolute atomic E-state index is 0.0471. The van der Waals surface area contributed by atoms with E-state index in [0.717, 1.165) is 25.9 Å². The second-order valence-corrected chi connectivity index (χ2v) is 4.98. The highest BCUT2D eigenvalue weighted by Crippen LogP contribution is 2.20. The van der Waals surface area contributed by atoms with Gasteiger partial charge in [0.2, 0.25) is 0 Å². The number of carbonyl (C=O) groups excluding carboxylic acids is 1. The van der Waals surface area contributed by atoms with E-state index in [2.05, 4.69) is 5.32 Å². The Morgan fingerprint density at radius 2 is 2.38 bits per heavy atom. The van der Waals surface area contributed by atoms with Crippen molar-refractivity contribution in [1.82, 2.24) is 10.2 Å². The first-order valence-electron chi connectivity index (χ1n) is 6.93. The lowest BCUT2D eigenvalue weighted by molar-refractivity contribution is -0.384. The second-order valence-electron chi connectivity index (χ2n) is 4.98. The molecule has 1 aromatic carbocycles. The third-order valence-electron chi connectivity index (χ3n) is 3.53. The van der Waals surface area contributed by atoms with Gasteiger partial charge in [-0.15, -0.1) is 0 Å². The molecule has 1 aromatic rings. The number of ether oxygens (including phenoxy) is 1. The Labute approximate surface area is 123 Å². The molecule has 0 saturated carbocycles. The van der Waals surface area contributed by atoms with E-state index >= 15 is 0 Å². The Morgan fingerprint density at radius 1 is 1.57 bits per heavy atom. The van der Waals surface area contributed by atoms with Gasteiger partial charge in [-0.2, -0.15) is 0 Å². The summed E-state index contributed by atoms with van der Waals surface area (Å²) in [6.07, 6.45) is 1.98. The first-order valence-corrected chi connectivity index (χ1v) is 6.93. The number of likely N-dealkylation sites (tertiary alicyclic amines) is 1. The zero-order valence-electron chi connectivity index (χ0n) is 11.9. The fraction of sp³-hybridized carbons (Fsp3) is 0.500. The van der Waals surface area contributed by atoms with Crippen molar-refractivity contribution in [3.63, 3.8) is 0 Å². The van der Waals surface area contributed by atoms with Crippen LogP contribution >= 0.6 is 0 Å². The van der Waals surface area contributed by atoms with E-state index in [4.69, 9.17) is 4.74 Å². The molecule has 0 bridgehead atoms. The molecule has 21 heavy (non-hydrogen) atoms. The van der Waals surface area contributed by atoms with Gasteiger partial charge < -0.3 is 15.0 Å². The number of carbonyl (C=O) groups is 1. The van der Waals surface area contributed by atoms with Crippen molar-refractivity contribution in [1.29, 1.82) is 0 Å². The summed E-state index contributed by atoms with van der Waals surface area (Å²) < 4.78 is 5.38. The van der Waals surface area contributed by atoms with Crippen LogP contribution in [0.1, 0.15) is 12.8 Å². The molecule has 0 aromatic heterocycles. The molecule has 7 nitrogen and oxygen atoms in total.